The van der Waals surface area contributed by atoms with Crippen molar-refractivity contribution in [2.24, 2.45) is 0 Å². The van der Waals surface area contributed by atoms with Gasteiger partial charge < -0.3 is 15.4 Å². The van der Waals surface area contributed by atoms with Crippen molar-refractivity contribution in [3.63, 3.8) is 0 Å². The average molecular weight is 250 g/mol. The summed E-state index contributed by atoms with van der Waals surface area (Å²) in [6.07, 6.45) is 6.40. The first-order chi connectivity index (χ1) is 8.88. The lowest BCUT2D eigenvalue weighted by Crippen LogP contribution is -2.24. The second kappa shape index (κ2) is 7.16. The van der Waals surface area contributed by atoms with E-state index in [4.69, 9.17) is 4.74 Å². The molecule has 0 radical (unpaired) electrons. The summed E-state index contributed by atoms with van der Waals surface area (Å²) in [5.41, 5.74) is 0. The van der Waals surface area contributed by atoms with Gasteiger partial charge in [-0.15, -0.1) is 0 Å². The zero-order chi connectivity index (χ0) is 12.6. The summed E-state index contributed by atoms with van der Waals surface area (Å²) in [4.78, 5) is 8.50. The van der Waals surface area contributed by atoms with Crippen molar-refractivity contribution >= 4 is 5.95 Å². The topological polar surface area (TPSA) is 59.1 Å². The van der Waals surface area contributed by atoms with Crippen molar-refractivity contribution in [1.29, 1.82) is 0 Å². The van der Waals surface area contributed by atoms with Gasteiger partial charge in [-0.05, 0) is 32.2 Å². The second-order valence-corrected chi connectivity index (χ2v) is 4.58. The van der Waals surface area contributed by atoms with E-state index in [-0.39, 0.29) is 0 Å². The molecule has 1 aromatic rings. The zero-order valence-electron chi connectivity index (χ0n) is 11.0. The Bertz CT molecular complexity index is 353. The molecule has 18 heavy (non-hydrogen) atoms. The van der Waals surface area contributed by atoms with Crippen molar-refractivity contribution in [2.45, 2.75) is 38.6 Å². The van der Waals surface area contributed by atoms with Gasteiger partial charge in [0.1, 0.15) is 0 Å². The number of anilines is 1. The average Bonchev–Trinajstić information content (AvgIpc) is 2.90. The Hall–Kier alpha value is -1.36. The Morgan fingerprint density at radius 1 is 1.56 bits per heavy atom. The van der Waals surface area contributed by atoms with Crippen molar-refractivity contribution in [1.82, 2.24) is 15.3 Å². The first-order valence-electron chi connectivity index (χ1n) is 6.81. The fraction of sp³-hybridized carbons (Fsp3) is 0.692. The van der Waals surface area contributed by atoms with Gasteiger partial charge in [-0.2, -0.15) is 4.98 Å². The molecule has 0 amide bonds. The quantitative estimate of drug-likeness (QED) is 0.773. The predicted molar refractivity (Wildman–Crippen MR) is 71.9 cm³/mol. The first kappa shape index (κ1) is 13.1. The molecule has 1 unspecified atom stereocenters. The van der Waals surface area contributed by atoms with Crippen LogP contribution in [0.1, 0.15) is 32.6 Å². The van der Waals surface area contributed by atoms with E-state index in [1.54, 1.807) is 12.3 Å². The van der Waals surface area contributed by atoms with Gasteiger partial charge in [0.15, 0.2) is 0 Å². The first-order valence-corrected chi connectivity index (χ1v) is 6.81. The lowest BCUT2D eigenvalue weighted by molar-refractivity contribution is 0.305. The molecule has 0 bridgehead atoms. The molecule has 2 rings (SSSR count). The Labute approximate surface area is 108 Å². The molecule has 5 nitrogen and oxygen atoms in total. The molecule has 2 heterocycles. The maximum absolute atomic E-state index is 5.47. The highest BCUT2D eigenvalue weighted by atomic mass is 16.5. The minimum atomic E-state index is 0.647. The third-order valence-corrected chi connectivity index (χ3v) is 3.02. The molecule has 1 aliphatic heterocycles. The van der Waals surface area contributed by atoms with E-state index in [2.05, 4.69) is 27.5 Å². The molecule has 0 spiro atoms. The van der Waals surface area contributed by atoms with Gasteiger partial charge in [-0.1, -0.05) is 6.92 Å². The highest BCUT2D eigenvalue weighted by Crippen LogP contribution is 2.11. The molecular formula is C13H22N4O. The van der Waals surface area contributed by atoms with Gasteiger partial charge >= 0.3 is 0 Å². The van der Waals surface area contributed by atoms with Gasteiger partial charge in [-0.25, -0.2) is 4.98 Å². The van der Waals surface area contributed by atoms with Crippen molar-refractivity contribution in [3.8, 4) is 5.88 Å². The molecule has 1 aromatic heterocycles. The standard InChI is InChI=1S/C13H22N4O/c1-2-10-18-12-6-9-16-13(17-12)15-8-5-11-4-3-7-14-11/h6,9,11,14H,2-5,7-8,10H2,1H3,(H,15,16,17). The lowest BCUT2D eigenvalue weighted by Gasteiger charge is -2.11. The Balaban J connectivity index is 1.74. The minimum absolute atomic E-state index is 0.647. The maximum Gasteiger partial charge on any atom is 0.225 e. The highest BCUT2D eigenvalue weighted by Gasteiger charge is 2.13. The predicted octanol–water partition coefficient (Wildman–Crippen LogP) is 1.82. The number of aromatic nitrogens is 2. The fourth-order valence-corrected chi connectivity index (χ4v) is 2.08. The van der Waals surface area contributed by atoms with Crippen LogP contribution in [0.3, 0.4) is 0 Å². The summed E-state index contributed by atoms with van der Waals surface area (Å²) in [6.45, 7) is 4.83. The number of ether oxygens (including phenoxy) is 1. The van der Waals surface area contributed by atoms with Gasteiger partial charge in [0.25, 0.3) is 0 Å². The van der Waals surface area contributed by atoms with E-state index >= 15 is 0 Å². The highest BCUT2D eigenvalue weighted by molar-refractivity contribution is 5.27. The van der Waals surface area contributed by atoms with Gasteiger partial charge in [0, 0.05) is 24.8 Å². The molecule has 100 valence electrons. The molecule has 1 saturated heterocycles. The van der Waals surface area contributed by atoms with Crippen LogP contribution in [0.15, 0.2) is 12.3 Å². The largest absolute Gasteiger partial charge is 0.478 e. The Morgan fingerprint density at radius 2 is 2.50 bits per heavy atom. The summed E-state index contributed by atoms with van der Waals surface area (Å²) in [5, 5.41) is 6.72. The number of nitrogens with zero attached hydrogens (tertiary/aromatic N) is 2. The zero-order valence-corrected chi connectivity index (χ0v) is 11.0. The molecule has 1 aliphatic rings. The number of nitrogens with one attached hydrogen (secondary N) is 2. The van der Waals surface area contributed by atoms with E-state index in [0.29, 0.717) is 24.5 Å². The van der Waals surface area contributed by atoms with E-state index < -0.39 is 0 Å². The molecule has 0 aliphatic carbocycles. The van der Waals surface area contributed by atoms with Crippen molar-refractivity contribution in [3.05, 3.63) is 12.3 Å². The second-order valence-electron chi connectivity index (χ2n) is 4.58. The van der Waals surface area contributed by atoms with E-state index in [0.717, 1.165) is 25.9 Å². The molecule has 1 atom stereocenters. The normalized spacial score (nSPS) is 18.8. The van der Waals surface area contributed by atoms with Crippen LogP contribution < -0.4 is 15.4 Å². The van der Waals surface area contributed by atoms with Crippen molar-refractivity contribution in [2.75, 3.05) is 25.0 Å². The van der Waals surface area contributed by atoms with Gasteiger partial charge in [-0.3, -0.25) is 0 Å². The number of rotatable bonds is 7. The third kappa shape index (κ3) is 4.14. The minimum Gasteiger partial charge on any atom is -0.478 e. The molecule has 2 N–H and O–H groups in total. The van der Waals surface area contributed by atoms with Crippen molar-refractivity contribution < 1.29 is 4.74 Å². The van der Waals surface area contributed by atoms with E-state index in [1.165, 1.54) is 12.8 Å². The van der Waals surface area contributed by atoms with Crippen LogP contribution >= 0.6 is 0 Å². The van der Waals surface area contributed by atoms with E-state index in [9.17, 15) is 0 Å². The molecule has 0 aromatic carbocycles. The summed E-state index contributed by atoms with van der Waals surface area (Å²) in [7, 11) is 0. The lowest BCUT2D eigenvalue weighted by atomic mass is 10.1. The molecule has 0 saturated carbocycles. The van der Waals surface area contributed by atoms with Crippen LogP contribution in [-0.2, 0) is 0 Å². The SMILES string of the molecule is CCCOc1ccnc(NCCC2CCCN2)n1. The Morgan fingerprint density at radius 3 is 3.28 bits per heavy atom. The maximum atomic E-state index is 5.47. The van der Waals surface area contributed by atoms with Crippen LogP contribution in [0, 0.1) is 0 Å². The number of hydrogen-bond acceptors (Lipinski definition) is 5. The van der Waals surface area contributed by atoms with Gasteiger partial charge in [0.05, 0.1) is 6.61 Å². The summed E-state index contributed by atoms with van der Waals surface area (Å²) < 4.78 is 5.47. The van der Waals surface area contributed by atoms with Crippen LogP contribution in [-0.4, -0.2) is 35.7 Å². The smallest absolute Gasteiger partial charge is 0.225 e. The summed E-state index contributed by atoms with van der Waals surface area (Å²) in [6, 6.07) is 2.44. The molecular weight excluding hydrogens is 228 g/mol. The number of hydrogen-bond donors (Lipinski definition) is 2. The van der Waals surface area contributed by atoms with Crippen LogP contribution in [0.2, 0.25) is 0 Å². The Kier molecular flexibility index (Phi) is 5.20. The monoisotopic (exact) mass is 250 g/mol. The van der Waals surface area contributed by atoms with E-state index in [1.807, 2.05) is 0 Å². The van der Waals surface area contributed by atoms with Crippen LogP contribution in [0.4, 0.5) is 5.95 Å². The van der Waals surface area contributed by atoms with Crippen LogP contribution in [0.5, 0.6) is 5.88 Å². The fourth-order valence-electron chi connectivity index (χ4n) is 2.08. The summed E-state index contributed by atoms with van der Waals surface area (Å²) >= 11 is 0. The summed E-state index contributed by atoms with van der Waals surface area (Å²) in [5.74, 6) is 1.30. The third-order valence-electron chi connectivity index (χ3n) is 3.02. The van der Waals surface area contributed by atoms with Crippen LogP contribution in [0.25, 0.3) is 0 Å². The molecule has 1 fully saturated rings. The van der Waals surface area contributed by atoms with Gasteiger partial charge in [0.2, 0.25) is 11.8 Å². The molecule has 5 heteroatoms.